The van der Waals surface area contributed by atoms with Crippen LogP contribution in [-0.2, 0) is 0 Å². The maximum atomic E-state index is 6.29. The molecule has 0 spiro atoms. The van der Waals surface area contributed by atoms with Gasteiger partial charge in [0.2, 0.25) is 0 Å². The molecule has 3 rings (SSSR count). The van der Waals surface area contributed by atoms with E-state index < -0.39 is 0 Å². The van der Waals surface area contributed by atoms with Crippen LogP contribution in [0.15, 0.2) is 54.9 Å². The van der Waals surface area contributed by atoms with Crippen LogP contribution in [0.3, 0.4) is 0 Å². The van der Waals surface area contributed by atoms with Gasteiger partial charge in [0, 0.05) is 5.56 Å². The summed E-state index contributed by atoms with van der Waals surface area (Å²) in [4.78, 5) is 0. The summed E-state index contributed by atoms with van der Waals surface area (Å²) in [5.41, 5.74) is 1.96. The Morgan fingerprint density at radius 3 is 2.52 bits per heavy atom. The van der Waals surface area contributed by atoms with E-state index in [9.17, 15) is 0 Å². The summed E-state index contributed by atoms with van der Waals surface area (Å²) in [7, 11) is 0. The van der Waals surface area contributed by atoms with Gasteiger partial charge in [-0.2, -0.15) is 0 Å². The highest BCUT2D eigenvalue weighted by atomic mass is 35.5. The number of halogens is 2. The average molecular weight is 318 g/mol. The van der Waals surface area contributed by atoms with Gasteiger partial charge < -0.3 is 4.57 Å². The molecule has 0 bridgehead atoms. The first-order valence-corrected chi connectivity index (χ1v) is 7.33. The van der Waals surface area contributed by atoms with Gasteiger partial charge in [-0.05, 0) is 24.6 Å². The fourth-order valence-corrected chi connectivity index (χ4v) is 2.67. The Morgan fingerprint density at radius 1 is 1.00 bits per heavy atom. The van der Waals surface area contributed by atoms with Gasteiger partial charge in [-0.3, -0.25) is 0 Å². The third-order valence-corrected chi connectivity index (χ3v) is 4.28. The lowest BCUT2D eigenvalue weighted by Crippen LogP contribution is -2.07. The number of nitrogens with zero attached hydrogens (tertiary/aromatic N) is 3. The average Bonchev–Trinajstić information content (AvgIpc) is 2.99. The molecule has 106 valence electrons. The first-order chi connectivity index (χ1) is 10.2. The molecule has 1 aromatic heterocycles. The van der Waals surface area contributed by atoms with E-state index in [0.717, 1.165) is 5.56 Å². The van der Waals surface area contributed by atoms with E-state index in [1.54, 1.807) is 12.4 Å². The van der Waals surface area contributed by atoms with Crippen molar-refractivity contribution < 1.29 is 0 Å². The van der Waals surface area contributed by atoms with Crippen molar-refractivity contribution >= 4 is 23.2 Å². The molecule has 1 unspecified atom stereocenters. The lowest BCUT2D eigenvalue weighted by Gasteiger charge is -2.16. The normalized spacial score (nSPS) is 12.3. The van der Waals surface area contributed by atoms with Crippen molar-refractivity contribution in [2.75, 3.05) is 0 Å². The quantitative estimate of drug-likeness (QED) is 0.690. The number of benzene rings is 2. The van der Waals surface area contributed by atoms with Crippen molar-refractivity contribution in [2.45, 2.75) is 13.0 Å². The second kappa shape index (κ2) is 5.88. The van der Waals surface area contributed by atoms with Crippen LogP contribution in [0, 0.1) is 0 Å². The van der Waals surface area contributed by atoms with Gasteiger partial charge in [-0.25, -0.2) is 0 Å². The molecule has 0 saturated heterocycles. The van der Waals surface area contributed by atoms with Gasteiger partial charge in [0.25, 0.3) is 0 Å². The molecule has 1 heterocycles. The highest BCUT2D eigenvalue weighted by Gasteiger charge is 2.17. The fourth-order valence-electron chi connectivity index (χ4n) is 2.29. The zero-order valence-corrected chi connectivity index (χ0v) is 12.9. The molecule has 1 atom stereocenters. The van der Waals surface area contributed by atoms with Gasteiger partial charge in [-0.1, -0.05) is 59.6 Å². The molecule has 0 amide bonds. The Balaban J connectivity index is 2.08. The lowest BCUT2D eigenvalue weighted by atomic mass is 10.1. The molecule has 5 heteroatoms. The van der Waals surface area contributed by atoms with Crippen LogP contribution < -0.4 is 0 Å². The minimum Gasteiger partial charge on any atom is -0.306 e. The van der Waals surface area contributed by atoms with E-state index >= 15 is 0 Å². The van der Waals surface area contributed by atoms with Gasteiger partial charge in [0.1, 0.15) is 6.33 Å². The summed E-state index contributed by atoms with van der Waals surface area (Å²) in [6.07, 6.45) is 1.71. The largest absolute Gasteiger partial charge is 0.306 e. The highest BCUT2D eigenvalue weighted by molar-refractivity contribution is 6.43. The van der Waals surface area contributed by atoms with E-state index in [2.05, 4.69) is 29.3 Å². The van der Waals surface area contributed by atoms with Crippen molar-refractivity contribution in [3.8, 4) is 11.4 Å². The summed E-state index contributed by atoms with van der Waals surface area (Å²) >= 11 is 12.4. The van der Waals surface area contributed by atoms with Gasteiger partial charge >= 0.3 is 0 Å². The number of hydrogen-bond donors (Lipinski definition) is 0. The van der Waals surface area contributed by atoms with Crippen molar-refractivity contribution in [3.05, 3.63) is 70.5 Å². The number of rotatable bonds is 3. The molecular weight excluding hydrogens is 305 g/mol. The monoisotopic (exact) mass is 317 g/mol. The molecule has 0 saturated carbocycles. The van der Waals surface area contributed by atoms with Gasteiger partial charge in [0.15, 0.2) is 5.82 Å². The maximum Gasteiger partial charge on any atom is 0.165 e. The fraction of sp³-hybridized carbons (Fsp3) is 0.125. The smallest absolute Gasteiger partial charge is 0.165 e. The first-order valence-electron chi connectivity index (χ1n) is 6.57. The van der Waals surface area contributed by atoms with E-state index in [1.165, 1.54) is 5.56 Å². The Morgan fingerprint density at radius 2 is 1.76 bits per heavy atom. The maximum absolute atomic E-state index is 6.29. The van der Waals surface area contributed by atoms with E-state index in [4.69, 9.17) is 23.2 Å². The molecule has 0 radical (unpaired) electrons. The minimum atomic E-state index is 0.103. The molecule has 0 N–H and O–H groups in total. The molecule has 3 aromatic rings. The molecule has 0 aliphatic heterocycles. The zero-order valence-electron chi connectivity index (χ0n) is 11.4. The molecule has 0 aliphatic carbocycles. The van der Waals surface area contributed by atoms with Crippen molar-refractivity contribution in [1.82, 2.24) is 14.8 Å². The Bertz CT molecular complexity index is 753. The van der Waals surface area contributed by atoms with Crippen LogP contribution in [0.25, 0.3) is 11.4 Å². The molecule has 3 nitrogen and oxygen atoms in total. The van der Waals surface area contributed by atoms with Crippen LogP contribution in [0.2, 0.25) is 10.0 Å². The summed E-state index contributed by atoms with van der Waals surface area (Å²) in [6.45, 7) is 2.10. The minimum absolute atomic E-state index is 0.103. The Labute approximate surface area is 133 Å². The third-order valence-electron chi connectivity index (χ3n) is 3.46. The van der Waals surface area contributed by atoms with Crippen LogP contribution in [0.1, 0.15) is 18.5 Å². The second-order valence-corrected chi connectivity index (χ2v) is 5.54. The topological polar surface area (TPSA) is 30.7 Å². The first kappa shape index (κ1) is 14.1. The van der Waals surface area contributed by atoms with E-state index in [-0.39, 0.29) is 6.04 Å². The van der Waals surface area contributed by atoms with Gasteiger partial charge in [0.05, 0.1) is 16.1 Å². The summed E-state index contributed by atoms with van der Waals surface area (Å²) in [5.74, 6) is 0.707. The van der Waals surface area contributed by atoms with Crippen molar-refractivity contribution in [2.24, 2.45) is 0 Å². The van der Waals surface area contributed by atoms with Crippen molar-refractivity contribution in [1.29, 1.82) is 0 Å². The second-order valence-electron chi connectivity index (χ2n) is 4.75. The Hall–Kier alpha value is -1.84. The summed E-state index contributed by atoms with van der Waals surface area (Å²) in [6, 6.07) is 15.8. The van der Waals surface area contributed by atoms with Crippen LogP contribution in [-0.4, -0.2) is 14.8 Å². The van der Waals surface area contributed by atoms with Gasteiger partial charge in [-0.15, -0.1) is 10.2 Å². The summed E-state index contributed by atoms with van der Waals surface area (Å²) in [5, 5.41) is 9.24. The van der Waals surface area contributed by atoms with Crippen LogP contribution in [0.5, 0.6) is 0 Å². The SMILES string of the molecule is CC(c1ccccc1)n1cnnc1-c1cccc(Cl)c1Cl. The number of hydrogen-bond acceptors (Lipinski definition) is 2. The summed E-state index contributed by atoms with van der Waals surface area (Å²) < 4.78 is 1.99. The standard InChI is InChI=1S/C16H13Cl2N3/c1-11(12-6-3-2-4-7-12)21-10-19-20-16(21)13-8-5-9-14(17)15(13)18/h2-11H,1H3. The zero-order chi connectivity index (χ0) is 14.8. The van der Waals surface area contributed by atoms with Crippen LogP contribution in [0.4, 0.5) is 0 Å². The lowest BCUT2D eigenvalue weighted by molar-refractivity contribution is 0.643. The van der Waals surface area contributed by atoms with Crippen LogP contribution >= 0.6 is 23.2 Å². The highest BCUT2D eigenvalue weighted by Crippen LogP contribution is 2.34. The van der Waals surface area contributed by atoms with E-state index in [0.29, 0.717) is 15.9 Å². The number of aromatic nitrogens is 3. The molecular formula is C16H13Cl2N3. The van der Waals surface area contributed by atoms with Crippen molar-refractivity contribution in [3.63, 3.8) is 0 Å². The predicted molar refractivity (Wildman–Crippen MR) is 85.7 cm³/mol. The molecule has 0 fully saturated rings. The van der Waals surface area contributed by atoms with E-state index in [1.807, 2.05) is 34.9 Å². The third kappa shape index (κ3) is 2.67. The molecule has 2 aromatic carbocycles. The predicted octanol–water partition coefficient (Wildman–Crippen LogP) is 4.86. The molecule has 0 aliphatic rings. The molecule has 21 heavy (non-hydrogen) atoms. The Kier molecular flexibility index (Phi) is 3.95.